The van der Waals surface area contributed by atoms with Gasteiger partial charge in [-0.05, 0) is 31.2 Å². The number of nitrogens with zero attached hydrogens (tertiary/aromatic N) is 1. The Morgan fingerprint density at radius 2 is 1.93 bits per heavy atom. The molecule has 0 aromatic heterocycles. The van der Waals surface area contributed by atoms with E-state index in [4.69, 9.17) is 5.73 Å². The molecule has 74 valence electrons. The Balaban J connectivity index is 2.79. The standard InChI is InChI=1S/C10H13N3O/c1-7(12-2)13-9-5-3-8(4-6-9)10(11)14/h3-6H,1-2H3,(H2,11,14)(H,12,13). The lowest BCUT2D eigenvalue weighted by atomic mass is 10.2. The van der Waals surface area contributed by atoms with E-state index in [9.17, 15) is 4.79 Å². The summed E-state index contributed by atoms with van der Waals surface area (Å²) in [6.07, 6.45) is 0. The molecule has 0 saturated carbocycles. The van der Waals surface area contributed by atoms with Gasteiger partial charge in [-0.3, -0.25) is 9.79 Å². The van der Waals surface area contributed by atoms with Gasteiger partial charge >= 0.3 is 0 Å². The SMILES string of the molecule is CN=C(C)Nc1ccc(C(N)=O)cc1. The molecular formula is C10H13N3O. The van der Waals surface area contributed by atoms with Crippen LogP contribution in [0.4, 0.5) is 5.69 Å². The van der Waals surface area contributed by atoms with E-state index in [0.29, 0.717) is 5.56 Å². The van der Waals surface area contributed by atoms with Gasteiger partial charge in [-0.2, -0.15) is 0 Å². The van der Waals surface area contributed by atoms with Crippen LogP contribution in [0, 0.1) is 0 Å². The van der Waals surface area contributed by atoms with Crippen LogP contribution in [0.1, 0.15) is 17.3 Å². The summed E-state index contributed by atoms with van der Waals surface area (Å²) in [4.78, 5) is 14.7. The van der Waals surface area contributed by atoms with Crippen LogP contribution >= 0.6 is 0 Å². The second kappa shape index (κ2) is 4.41. The molecule has 0 spiro atoms. The summed E-state index contributed by atoms with van der Waals surface area (Å²) < 4.78 is 0. The number of nitrogens with two attached hydrogens (primary N) is 1. The summed E-state index contributed by atoms with van der Waals surface area (Å²) in [6, 6.07) is 6.92. The van der Waals surface area contributed by atoms with Crippen molar-refractivity contribution in [2.24, 2.45) is 10.7 Å². The van der Waals surface area contributed by atoms with Gasteiger partial charge in [0, 0.05) is 18.3 Å². The normalized spacial score (nSPS) is 11.1. The summed E-state index contributed by atoms with van der Waals surface area (Å²) in [5.41, 5.74) is 6.50. The lowest BCUT2D eigenvalue weighted by Crippen LogP contribution is -2.11. The fourth-order valence-corrected chi connectivity index (χ4v) is 0.983. The molecule has 0 aliphatic carbocycles. The van der Waals surface area contributed by atoms with Crippen LogP contribution in [0.3, 0.4) is 0 Å². The third-order valence-electron chi connectivity index (χ3n) is 1.83. The van der Waals surface area contributed by atoms with Crippen LogP contribution < -0.4 is 11.1 Å². The maximum atomic E-state index is 10.8. The number of carbonyl (C=O) groups is 1. The van der Waals surface area contributed by atoms with E-state index in [0.717, 1.165) is 11.5 Å². The highest BCUT2D eigenvalue weighted by atomic mass is 16.1. The molecule has 0 heterocycles. The van der Waals surface area contributed by atoms with E-state index in [1.165, 1.54) is 0 Å². The van der Waals surface area contributed by atoms with Crippen molar-refractivity contribution in [3.63, 3.8) is 0 Å². The number of aliphatic imine (C=N–C) groups is 1. The molecule has 0 aliphatic rings. The van der Waals surface area contributed by atoms with Gasteiger partial charge < -0.3 is 11.1 Å². The molecule has 0 fully saturated rings. The van der Waals surface area contributed by atoms with Gasteiger partial charge in [0.15, 0.2) is 0 Å². The number of anilines is 1. The lowest BCUT2D eigenvalue weighted by Gasteiger charge is -2.04. The first kappa shape index (κ1) is 10.2. The number of primary amides is 1. The maximum Gasteiger partial charge on any atom is 0.248 e. The number of benzene rings is 1. The summed E-state index contributed by atoms with van der Waals surface area (Å²) in [7, 11) is 1.71. The number of nitrogens with one attached hydrogen (secondary N) is 1. The molecule has 4 heteroatoms. The van der Waals surface area contributed by atoms with Crippen LogP contribution in [0.5, 0.6) is 0 Å². The number of carbonyl (C=O) groups excluding carboxylic acids is 1. The van der Waals surface area contributed by atoms with E-state index in [1.807, 2.05) is 6.92 Å². The number of amides is 1. The zero-order valence-corrected chi connectivity index (χ0v) is 8.24. The molecule has 4 nitrogen and oxygen atoms in total. The predicted octanol–water partition coefficient (Wildman–Crippen LogP) is 1.25. The maximum absolute atomic E-state index is 10.8. The first-order chi connectivity index (χ1) is 6.63. The number of rotatable bonds is 2. The minimum Gasteiger partial charge on any atom is -0.366 e. The van der Waals surface area contributed by atoms with Crippen LogP contribution in [0.2, 0.25) is 0 Å². The summed E-state index contributed by atoms with van der Waals surface area (Å²) >= 11 is 0. The zero-order valence-electron chi connectivity index (χ0n) is 8.24. The Hall–Kier alpha value is -1.84. The van der Waals surface area contributed by atoms with Gasteiger partial charge in [0.05, 0.1) is 5.84 Å². The average molecular weight is 191 g/mol. The molecular weight excluding hydrogens is 178 g/mol. The minimum absolute atomic E-state index is 0.419. The molecule has 0 radical (unpaired) electrons. The molecule has 3 N–H and O–H groups in total. The smallest absolute Gasteiger partial charge is 0.248 e. The molecule has 1 aromatic carbocycles. The van der Waals surface area contributed by atoms with Gasteiger partial charge in [-0.25, -0.2) is 0 Å². The molecule has 0 bridgehead atoms. The van der Waals surface area contributed by atoms with Crippen molar-refractivity contribution in [1.82, 2.24) is 0 Å². The topological polar surface area (TPSA) is 67.5 Å². The molecule has 14 heavy (non-hydrogen) atoms. The zero-order chi connectivity index (χ0) is 10.6. The molecule has 0 aliphatic heterocycles. The van der Waals surface area contributed by atoms with E-state index in [-0.39, 0.29) is 0 Å². The number of hydrogen-bond acceptors (Lipinski definition) is 2. The van der Waals surface area contributed by atoms with Crippen molar-refractivity contribution in [1.29, 1.82) is 0 Å². The van der Waals surface area contributed by atoms with Crippen molar-refractivity contribution >= 4 is 17.4 Å². The Bertz CT molecular complexity index is 354. The van der Waals surface area contributed by atoms with Crippen molar-refractivity contribution in [2.75, 3.05) is 12.4 Å². The second-order valence-electron chi connectivity index (χ2n) is 2.88. The average Bonchev–Trinajstić information content (AvgIpc) is 2.18. The van der Waals surface area contributed by atoms with Gasteiger partial charge in [0.25, 0.3) is 0 Å². The van der Waals surface area contributed by atoms with Gasteiger partial charge in [-0.1, -0.05) is 0 Å². The first-order valence-electron chi connectivity index (χ1n) is 4.23. The van der Waals surface area contributed by atoms with Gasteiger partial charge in [-0.15, -0.1) is 0 Å². The number of hydrogen-bond donors (Lipinski definition) is 2. The summed E-state index contributed by atoms with van der Waals surface area (Å²) in [5, 5.41) is 3.06. The van der Waals surface area contributed by atoms with E-state index < -0.39 is 5.91 Å². The quantitative estimate of drug-likeness (QED) is 0.545. The van der Waals surface area contributed by atoms with Crippen LogP contribution in [0.25, 0.3) is 0 Å². The molecule has 1 amide bonds. The Morgan fingerprint density at radius 1 is 1.36 bits per heavy atom. The van der Waals surface area contributed by atoms with Crippen molar-refractivity contribution in [2.45, 2.75) is 6.92 Å². The van der Waals surface area contributed by atoms with E-state index >= 15 is 0 Å². The second-order valence-corrected chi connectivity index (χ2v) is 2.88. The third kappa shape index (κ3) is 2.58. The van der Waals surface area contributed by atoms with Crippen molar-refractivity contribution in [3.05, 3.63) is 29.8 Å². The van der Waals surface area contributed by atoms with E-state index in [2.05, 4.69) is 10.3 Å². The Morgan fingerprint density at radius 3 is 2.36 bits per heavy atom. The van der Waals surface area contributed by atoms with Gasteiger partial charge in [0.2, 0.25) is 5.91 Å². The van der Waals surface area contributed by atoms with Crippen LogP contribution in [-0.4, -0.2) is 18.8 Å². The molecule has 1 aromatic rings. The molecule has 0 unspecified atom stereocenters. The van der Waals surface area contributed by atoms with Crippen LogP contribution in [0.15, 0.2) is 29.3 Å². The molecule has 1 rings (SSSR count). The third-order valence-corrected chi connectivity index (χ3v) is 1.83. The van der Waals surface area contributed by atoms with Gasteiger partial charge in [0.1, 0.15) is 0 Å². The molecule has 0 atom stereocenters. The fourth-order valence-electron chi connectivity index (χ4n) is 0.983. The Labute approximate surface area is 82.8 Å². The molecule has 0 saturated heterocycles. The van der Waals surface area contributed by atoms with Crippen molar-refractivity contribution in [3.8, 4) is 0 Å². The highest BCUT2D eigenvalue weighted by Gasteiger charge is 1.99. The summed E-state index contributed by atoms with van der Waals surface area (Å²) in [6.45, 7) is 1.86. The highest BCUT2D eigenvalue weighted by molar-refractivity contribution is 5.95. The number of amidine groups is 1. The van der Waals surface area contributed by atoms with Crippen LogP contribution in [-0.2, 0) is 0 Å². The highest BCUT2D eigenvalue weighted by Crippen LogP contribution is 2.08. The largest absolute Gasteiger partial charge is 0.366 e. The minimum atomic E-state index is -0.419. The fraction of sp³-hybridized carbons (Fsp3) is 0.200. The summed E-state index contributed by atoms with van der Waals surface area (Å²) in [5.74, 6) is 0.397. The van der Waals surface area contributed by atoms with Crippen molar-refractivity contribution < 1.29 is 4.79 Å². The lowest BCUT2D eigenvalue weighted by molar-refractivity contribution is 0.100. The monoisotopic (exact) mass is 191 g/mol. The Kier molecular flexibility index (Phi) is 3.23. The first-order valence-corrected chi connectivity index (χ1v) is 4.23. The van der Waals surface area contributed by atoms with E-state index in [1.54, 1.807) is 31.3 Å². The predicted molar refractivity (Wildman–Crippen MR) is 57.6 cm³/mol.